The highest BCUT2D eigenvalue weighted by molar-refractivity contribution is 5.94. The summed E-state index contributed by atoms with van der Waals surface area (Å²) in [6.45, 7) is 0.702. The lowest BCUT2D eigenvalue weighted by Crippen LogP contribution is -2.48. The van der Waals surface area contributed by atoms with Crippen LogP contribution in [0.5, 0.6) is 0 Å². The van der Waals surface area contributed by atoms with Crippen molar-refractivity contribution in [2.45, 2.75) is 75.3 Å². The van der Waals surface area contributed by atoms with E-state index in [2.05, 4.69) is 32.0 Å². The van der Waals surface area contributed by atoms with Gasteiger partial charge in [-0.05, 0) is 97.4 Å². The number of nitrogens with one attached hydrogen (secondary N) is 2. The van der Waals surface area contributed by atoms with E-state index in [4.69, 9.17) is 11.5 Å². The zero-order valence-corrected chi connectivity index (χ0v) is 24.6. The normalized spacial score (nSPS) is 19.9. The Morgan fingerprint density at radius 2 is 1.64 bits per heavy atom. The number of aromatic amines is 1. The molecule has 0 radical (unpaired) electrons. The number of benzene rings is 2. The molecule has 1 saturated heterocycles. The molecule has 3 amide bonds. The maximum atomic E-state index is 13.4. The van der Waals surface area contributed by atoms with E-state index < -0.39 is 17.2 Å². The van der Waals surface area contributed by atoms with E-state index in [9.17, 15) is 19.6 Å². The molecule has 1 aromatic heterocycles. The van der Waals surface area contributed by atoms with Crippen molar-refractivity contribution >= 4 is 17.7 Å². The predicted octanol–water partition coefficient (Wildman–Crippen LogP) is 1.88. The molecule has 2 heterocycles. The highest BCUT2D eigenvalue weighted by Crippen LogP contribution is 2.48. The quantitative estimate of drug-likeness (QED) is 0.287. The number of H-pyrrole nitrogens is 1. The number of nitriles is 1. The van der Waals surface area contributed by atoms with E-state index in [1.165, 1.54) is 0 Å². The van der Waals surface area contributed by atoms with Gasteiger partial charge in [0.25, 0.3) is 0 Å². The van der Waals surface area contributed by atoms with Crippen LogP contribution in [0.1, 0.15) is 93.7 Å². The van der Waals surface area contributed by atoms with Crippen molar-refractivity contribution in [2.24, 2.45) is 17.4 Å². The number of hydrogen-bond donors (Lipinski definition) is 4. The molecule has 2 aliphatic carbocycles. The molecule has 1 saturated carbocycles. The third-order valence-electron chi connectivity index (χ3n) is 9.82. The Kier molecular flexibility index (Phi) is 8.14. The Morgan fingerprint density at radius 3 is 2.18 bits per heavy atom. The van der Waals surface area contributed by atoms with Crippen molar-refractivity contribution in [2.75, 3.05) is 13.1 Å². The standard InChI is InChI=1S/C32H37N9O3/c33-17-24-6-3-13-41(24)28(42)18-36-27(19-4-1-2-5-19)16-32(31-37-39-40-38-31)25-11-9-22(29(34)43)14-20(25)7-8-21-15-23(30(35)44)10-12-26(21)32/h9-12,14-15,19,24,27,36H,1-8,13,16,18H2,(H2,34,43)(H2,35,44)(H,37,38,39,40)/t24?,27-/m0/s1. The van der Waals surface area contributed by atoms with Gasteiger partial charge in [0.15, 0.2) is 5.82 Å². The van der Waals surface area contributed by atoms with Crippen LogP contribution < -0.4 is 16.8 Å². The summed E-state index contributed by atoms with van der Waals surface area (Å²) in [7, 11) is 0. The summed E-state index contributed by atoms with van der Waals surface area (Å²) in [6.07, 6.45) is 7.44. The number of hydrogen-bond acceptors (Lipinski definition) is 8. The Hall–Kier alpha value is -4.63. The van der Waals surface area contributed by atoms with Crippen molar-refractivity contribution in [3.8, 4) is 6.07 Å². The first-order valence-electron chi connectivity index (χ1n) is 15.3. The molecule has 1 unspecified atom stereocenters. The van der Waals surface area contributed by atoms with Crippen LogP contribution in [0.25, 0.3) is 0 Å². The van der Waals surface area contributed by atoms with Crippen molar-refractivity contribution < 1.29 is 14.4 Å². The molecule has 0 spiro atoms. The first kappa shape index (κ1) is 29.4. The third-order valence-corrected chi connectivity index (χ3v) is 9.82. The number of carbonyl (C=O) groups is 3. The highest BCUT2D eigenvalue weighted by Gasteiger charge is 2.47. The van der Waals surface area contributed by atoms with Gasteiger partial charge in [0.2, 0.25) is 17.7 Å². The summed E-state index contributed by atoms with van der Waals surface area (Å²) >= 11 is 0. The van der Waals surface area contributed by atoms with Crippen LogP contribution in [0.15, 0.2) is 36.4 Å². The maximum absolute atomic E-state index is 13.4. The smallest absolute Gasteiger partial charge is 0.248 e. The minimum Gasteiger partial charge on any atom is -0.366 e. The number of likely N-dealkylation sites (tertiary alicyclic amines) is 1. The summed E-state index contributed by atoms with van der Waals surface area (Å²) in [5, 5.41) is 28.9. The molecule has 3 aromatic rings. The van der Waals surface area contributed by atoms with E-state index >= 15 is 0 Å². The van der Waals surface area contributed by atoms with Gasteiger partial charge in [-0.3, -0.25) is 14.4 Å². The van der Waals surface area contributed by atoms with Gasteiger partial charge in [-0.25, -0.2) is 0 Å². The van der Waals surface area contributed by atoms with E-state index in [-0.39, 0.29) is 24.5 Å². The number of nitrogens with two attached hydrogens (primary N) is 2. The maximum Gasteiger partial charge on any atom is 0.248 e. The molecular weight excluding hydrogens is 558 g/mol. The van der Waals surface area contributed by atoms with Crippen LogP contribution in [0.2, 0.25) is 0 Å². The molecule has 2 atom stereocenters. The monoisotopic (exact) mass is 595 g/mol. The van der Waals surface area contributed by atoms with Crippen LogP contribution in [-0.4, -0.2) is 68.4 Å². The fourth-order valence-corrected chi connectivity index (χ4v) is 7.66. The summed E-state index contributed by atoms with van der Waals surface area (Å²) < 4.78 is 0. The number of rotatable bonds is 9. The molecule has 6 rings (SSSR count). The molecule has 12 heteroatoms. The van der Waals surface area contributed by atoms with Crippen molar-refractivity contribution in [3.63, 3.8) is 0 Å². The highest BCUT2D eigenvalue weighted by atomic mass is 16.2. The molecule has 1 aliphatic heterocycles. The first-order chi connectivity index (χ1) is 21.3. The van der Waals surface area contributed by atoms with Crippen LogP contribution >= 0.6 is 0 Å². The van der Waals surface area contributed by atoms with E-state index in [0.29, 0.717) is 55.1 Å². The van der Waals surface area contributed by atoms with Gasteiger partial charge in [0.05, 0.1) is 18.0 Å². The minimum atomic E-state index is -0.938. The van der Waals surface area contributed by atoms with Crippen LogP contribution in [0.4, 0.5) is 0 Å². The molecule has 6 N–H and O–H groups in total. The molecule has 0 bridgehead atoms. The molecular formula is C32H37N9O3. The molecule has 2 aromatic carbocycles. The zero-order chi connectivity index (χ0) is 30.8. The van der Waals surface area contributed by atoms with Gasteiger partial charge in [0, 0.05) is 23.7 Å². The molecule has 44 heavy (non-hydrogen) atoms. The van der Waals surface area contributed by atoms with Crippen molar-refractivity contribution in [3.05, 3.63) is 75.6 Å². The van der Waals surface area contributed by atoms with Gasteiger partial charge >= 0.3 is 0 Å². The lowest BCUT2D eigenvalue weighted by molar-refractivity contribution is -0.130. The Balaban J connectivity index is 1.48. The second-order valence-electron chi connectivity index (χ2n) is 12.2. The van der Waals surface area contributed by atoms with Crippen molar-refractivity contribution in [1.29, 1.82) is 5.26 Å². The van der Waals surface area contributed by atoms with Crippen molar-refractivity contribution in [1.82, 2.24) is 30.8 Å². The van der Waals surface area contributed by atoms with Gasteiger partial charge in [-0.2, -0.15) is 10.5 Å². The average Bonchev–Trinajstić information content (AvgIpc) is 3.82. The van der Waals surface area contributed by atoms with Crippen LogP contribution in [0.3, 0.4) is 0 Å². The van der Waals surface area contributed by atoms with Gasteiger partial charge in [-0.15, -0.1) is 10.2 Å². The summed E-state index contributed by atoms with van der Waals surface area (Å²) in [4.78, 5) is 39.5. The van der Waals surface area contributed by atoms with Gasteiger partial charge in [0.1, 0.15) is 6.04 Å². The number of amides is 3. The molecule has 3 aliphatic rings. The predicted molar refractivity (Wildman–Crippen MR) is 160 cm³/mol. The number of fused-ring (bicyclic) bond motifs is 2. The van der Waals surface area contributed by atoms with Gasteiger partial charge < -0.3 is 21.7 Å². The minimum absolute atomic E-state index is 0.0791. The molecule has 12 nitrogen and oxygen atoms in total. The Labute approximate surface area is 255 Å². The topological polar surface area (TPSA) is 197 Å². The number of aryl methyl sites for hydroxylation is 2. The fourth-order valence-electron chi connectivity index (χ4n) is 7.66. The largest absolute Gasteiger partial charge is 0.366 e. The van der Waals surface area contributed by atoms with Crippen LogP contribution in [-0.2, 0) is 23.1 Å². The number of primary amides is 2. The number of aromatic nitrogens is 4. The van der Waals surface area contributed by atoms with E-state index in [0.717, 1.165) is 54.4 Å². The number of carbonyl (C=O) groups excluding carboxylic acids is 3. The Bertz CT molecular complexity index is 1540. The second-order valence-corrected chi connectivity index (χ2v) is 12.2. The SMILES string of the molecule is N#CC1CCCN1C(=O)CN[C@@H](CC1(c2nn[nH]n2)c2ccc(C(N)=O)cc2CCc2cc(C(N)=O)ccc21)C1CCCC1. The summed E-state index contributed by atoms with van der Waals surface area (Å²) in [5.41, 5.74) is 15.0. The average molecular weight is 596 g/mol. The fraction of sp³-hybridized carbons (Fsp3) is 0.469. The molecule has 2 fully saturated rings. The first-order valence-corrected chi connectivity index (χ1v) is 15.3. The second kappa shape index (κ2) is 12.2. The number of nitrogens with zero attached hydrogens (tertiary/aromatic N) is 5. The van der Waals surface area contributed by atoms with Crippen LogP contribution in [0, 0.1) is 17.2 Å². The summed E-state index contributed by atoms with van der Waals surface area (Å²) in [5.74, 6) is -0.359. The van der Waals surface area contributed by atoms with Gasteiger partial charge in [-0.1, -0.05) is 30.2 Å². The van der Waals surface area contributed by atoms with E-state index in [1.807, 2.05) is 24.3 Å². The lowest BCUT2D eigenvalue weighted by atomic mass is 9.66. The Morgan fingerprint density at radius 1 is 1.00 bits per heavy atom. The molecule has 228 valence electrons. The number of tetrazole rings is 1. The lowest BCUT2D eigenvalue weighted by Gasteiger charge is -2.39. The summed E-state index contributed by atoms with van der Waals surface area (Å²) in [6, 6.07) is 12.8. The van der Waals surface area contributed by atoms with E-state index in [1.54, 1.807) is 17.0 Å². The third kappa shape index (κ3) is 5.32. The zero-order valence-electron chi connectivity index (χ0n) is 24.6.